The molecule has 1 aromatic heterocycles. The van der Waals surface area contributed by atoms with Crippen molar-refractivity contribution in [1.29, 1.82) is 0 Å². The Kier molecular flexibility index (Phi) is 5.05. The van der Waals surface area contributed by atoms with Gasteiger partial charge in [0.25, 0.3) is 0 Å². The van der Waals surface area contributed by atoms with E-state index in [1.807, 2.05) is 13.8 Å². The van der Waals surface area contributed by atoms with Gasteiger partial charge < -0.3 is 10.4 Å². The predicted molar refractivity (Wildman–Crippen MR) is 86.4 cm³/mol. The third-order valence-electron chi connectivity index (χ3n) is 3.75. The lowest BCUT2D eigenvalue weighted by Crippen LogP contribution is -2.34. The number of aliphatic carboxylic acids is 1. The third-order valence-corrected chi connectivity index (χ3v) is 4.00. The number of hydrogen-bond donors (Lipinski definition) is 2. The number of carbonyl (C=O) groups is 2. The van der Waals surface area contributed by atoms with E-state index in [4.69, 9.17) is 11.6 Å². The number of hydrogen-bond acceptors (Lipinski definition) is 3. The van der Waals surface area contributed by atoms with Gasteiger partial charge in [-0.05, 0) is 31.5 Å². The quantitative estimate of drug-likeness (QED) is 0.877. The van der Waals surface area contributed by atoms with Crippen LogP contribution in [0.1, 0.15) is 28.6 Å². The van der Waals surface area contributed by atoms with Crippen molar-refractivity contribution in [2.45, 2.75) is 26.3 Å². The SMILES string of the molecule is Cc1nn(C)c(C)c1CC(=O)NC(C(=O)O)c1ccc(Cl)cc1. The molecule has 0 bridgehead atoms. The van der Waals surface area contributed by atoms with Crippen LogP contribution in [0.3, 0.4) is 0 Å². The van der Waals surface area contributed by atoms with Gasteiger partial charge in [-0.2, -0.15) is 5.10 Å². The number of rotatable bonds is 5. The molecule has 7 heteroatoms. The minimum atomic E-state index is -1.12. The van der Waals surface area contributed by atoms with Crippen molar-refractivity contribution >= 4 is 23.5 Å². The maximum Gasteiger partial charge on any atom is 0.330 e. The Balaban J connectivity index is 2.15. The Morgan fingerprint density at radius 3 is 2.39 bits per heavy atom. The van der Waals surface area contributed by atoms with Crippen molar-refractivity contribution in [1.82, 2.24) is 15.1 Å². The second-order valence-corrected chi connectivity index (χ2v) is 5.78. The molecule has 0 spiro atoms. The summed E-state index contributed by atoms with van der Waals surface area (Å²) in [5, 5.41) is 16.7. The van der Waals surface area contributed by atoms with Crippen LogP contribution in [-0.4, -0.2) is 26.8 Å². The van der Waals surface area contributed by atoms with E-state index in [-0.39, 0.29) is 12.3 Å². The van der Waals surface area contributed by atoms with Gasteiger partial charge in [-0.1, -0.05) is 23.7 Å². The average molecular weight is 336 g/mol. The molecule has 2 aromatic rings. The molecule has 23 heavy (non-hydrogen) atoms. The fraction of sp³-hybridized carbons (Fsp3) is 0.312. The number of carboxylic acid groups (broad SMARTS) is 1. The van der Waals surface area contributed by atoms with E-state index >= 15 is 0 Å². The lowest BCUT2D eigenvalue weighted by atomic mass is 10.1. The van der Waals surface area contributed by atoms with E-state index in [1.165, 1.54) is 0 Å². The number of carbonyl (C=O) groups excluding carboxylic acids is 1. The number of halogens is 1. The summed E-state index contributed by atoms with van der Waals surface area (Å²) in [6.45, 7) is 3.69. The lowest BCUT2D eigenvalue weighted by Gasteiger charge is -2.15. The average Bonchev–Trinajstić information content (AvgIpc) is 2.72. The van der Waals surface area contributed by atoms with Gasteiger partial charge in [0.1, 0.15) is 0 Å². The summed E-state index contributed by atoms with van der Waals surface area (Å²) < 4.78 is 1.70. The van der Waals surface area contributed by atoms with Crippen LogP contribution in [0.25, 0.3) is 0 Å². The summed E-state index contributed by atoms with van der Waals surface area (Å²) >= 11 is 5.80. The number of aromatic nitrogens is 2. The minimum Gasteiger partial charge on any atom is -0.479 e. The number of benzene rings is 1. The summed E-state index contributed by atoms with van der Waals surface area (Å²) in [7, 11) is 1.80. The highest BCUT2D eigenvalue weighted by atomic mass is 35.5. The maximum absolute atomic E-state index is 12.2. The normalized spacial score (nSPS) is 12.0. The molecule has 2 rings (SSSR count). The van der Waals surface area contributed by atoms with Gasteiger partial charge in [-0.3, -0.25) is 9.48 Å². The van der Waals surface area contributed by atoms with Crippen molar-refractivity contribution in [2.24, 2.45) is 7.05 Å². The van der Waals surface area contributed by atoms with Crippen LogP contribution < -0.4 is 5.32 Å². The number of carboxylic acids is 1. The van der Waals surface area contributed by atoms with Crippen molar-refractivity contribution in [3.8, 4) is 0 Å². The van der Waals surface area contributed by atoms with Crippen molar-refractivity contribution in [2.75, 3.05) is 0 Å². The molecule has 1 unspecified atom stereocenters. The molecule has 1 atom stereocenters. The molecule has 0 fully saturated rings. The lowest BCUT2D eigenvalue weighted by molar-refractivity contribution is -0.141. The van der Waals surface area contributed by atoms with Gasteiger partial charge in [0.05, 0.1) is 12.1 Å². The highest BCUT2D eigenvalue weighted by Gasteiger charge is 2.23. The zero-order valence-corrected chi connectivity index (χ0v) is 13.9. The molecule has 122 valence electrons. The van der Waals surface area contributed by atoms with Gasteiger partial charge >= 0.3 is 5.97 Å². The van der Waals surface area contributed by atoms with Crippen LogP contribution in [0.15, 0.2) is 24.3 Å². The Morgan fingerprint density at radius 2 is 1.91 bits per heavy atom. The first-order valence-electron chi connectivity index (χ1n) is 7.06. The van der Waals surface area contributed by atoms with Gasteiger partial charge in [0.15, 0.2) is 6.04 Å². The molecule has 1 heterocycles. The van der Waals surface area contributed by atoms with E-state index in [2.05, 4.69) is 10.4 Å². The van der Waals surface area contributed by atoms with Gasteiger partial charge in [-0.15, -0.1) is 0 Å². The topological polar surface area (TPSA) is 84.2 Å². The Morgan fingerprint density at radius 1 is 1.30 bits per heavy atom. The smallest absolute Gasteiger partial charge is 0.330 e. The highest BCUT2D eigenvalue weighted by Crippen LogP contribution is 2.18. The minimum absolute atomic E-state index is 0.0862. The molecule has 1 aromatic carbocycles. The first-order chi connectivity index (χ1) is 10.8. The van der Waals surface area contributed by atoms with Crippen LogP contribution in [0.2, 0.25) is 5.02 Å². The van der Waals surface area contributed by atoms with Gasteiger partial charge in [0, 0.05) is 23.3 Å². The Bertz CT molecular complexity index is 738. The molecular weight excluding hydrogens is 318 g/mol. The number of amides is 1. The monoisotopic (exact) mass is 335 g/mol. The molecule has 0 aliphatic carbocycles. The fourth-order valence-corrected chi connectivity index (χ4v) is 2.51. The van der Waals surface area contributed by atoms with Gasteiger partial charge in [-0.25, -0.2) is 4.79 Å². The molecular formula is C16H18ClN3O3. The van der Waals surface area contributed by atoms with Crippen molar-refractivity contribution in [3.05, 3.63) is 51.8 Å². The molecule has 1 amide bonds. The van der Waals surface area contributed by atoms with E-state index in [9.17, 15) is 14.7 Å². The summed E-state index contributed by atoms with van der Waals surface area (Å²) in [4.78, 5) is 23.7. The molecule has 0 saturated heterocycles. The summed E-state index contributed by atoms with van der Waals surface area (Å²) in [5.41, 5.74) is 2.93. The van der Waals surface area contributed by atoms with Crippen molar-refractivity contribution < 1.29 is 14.7 Å². The first kappa shape index (κ1) is 17.0. The summed E-state index contributed by atoms with van der Waals surface area (Å²) in [6.07, 6.45) is 0.0862. The maximum atomic E-state index is 12.2. The molecule has 6 nitrogen and oxygen atoms in total. The molecule has 0 radical (unpaired) electrons. The first-order valence-corrected chi connectivity index (χ1v) is 7.44. The van der Waals surface area contributed by atoms with E-state index in [0.717, 1.165) is 17.0 Å². The summed E-state index contributed by atoms with van der Waals surface area (Å²) in [6, 6.07) is 5.24. The zero-order chi connectivity index (χ0) is 17.1. The number of nitrogens with one attached hydrogen (secondary N) is 1. The van der Waals surface area contributed by atoms with Crippen LogP contribution >= 0.6 is 11.6 Å². The third kappa shape index (κ3) is 3.90. The van der Waals surface area contributed by atoms with E-state index in [0.29, 0.717) is 10.6 Å². The summed E-state index contributed by atoms with van der Waals surface area (Å²) in [5.74, 6) is -1.49. The predicted octanol–water partition coefficient (Wildman–Crippen LogP) is 2.17. The second-order valence-electron chi connectivity index (χ2n) is 5.34. The van der Waals surface area contributed by atoms with E-state index < -0.39 is 12.0 Å². The standard InChI is InChI=1S/C16H18ClN3O3/c1-9-13(10(2)20(3)19-9)8-14(21)18-15(16(22)23)11-4-6-12(17)7-5-11/h4-7,15H,8H2,1-3H3,(H,18,21)(H,22,23). The Labute approximate surface area is 139 Å². The van der Waals surface area contributed by atoms with E-state index in [1.54, 1.807) is 36.0 Å². The van der Waals surface area contributed by atoms with Crippen LogP contribution in [-0.2, 0) is 23.1 Å². The zero-order valence-electron chi connectivity index (χ0n) is 13.1. The molecule has 2 N–H and O–H groups in total. The molecule has 0 aliphatic heterocycles. The highest BCUT2D eigenvalue weighted by molar-refractivity contribution is 6.30. The van der Waals surface area contributed by atoms with Crippen LogP contribution in [0, 0.1) is 13.8 Å². The largest absolute Gasteiger partial charge is 0.479 e. The van der Waals surface area contributed by atoms with Crippen LogP contribution in [0.4, 0.5) is 0 Å². The van der Waals surface area contributed by atoms with Crippen LogP contribution in [0.5, 0.6) is 0 Å². The number of aryl methyl sites for hydroxylation is 2. The Hall–Kier alpha value is -2.34. The molecule has 0 saturated carbocycles. The fourth-order valence-electron chi connectivity index (χ4n) is 2.39. The number of nitrogens with zero attached hydrogens (tertiary/aromatic N) is 2. The van der Waals surface area contributed by atoms with Crippen molar-refractivity contribution in [3.63, 3.8) is 0 Å². The van der Waals surface area contributed by atoms with Gasteiger partial charge in [0.2, 0.25) is 5.91 Å². The molecule has 0 aliphatic rings. The second kappa shape index (κ2) is 6.83.